The minimum atomic E-state index is -0.146. The number of nitrogens with zero attached hydrogens (tertiary/aromatic N) is 3. The Hall–Kier alpha value is -3.26. The summed E-state index contributed by atoms with van der Waals surface area (Å²) in [6, 6.07) is 17.8. The van der Waals surface area contributed by atoms with Crippen LogP contribution in [0.1, 0.15) is 25.5 Å². The maximum absolute atomic E-state index is 13.6. The normalized spacial score (nSPS) is 15.8. The first kappa shape index (κ1) is 20.6. The van der Waals surface area contributed by atoms with Crippen LogP contribution < -0.4 is 15.8 Å². The molecule has 1 saturated heterocycles. The molecule has 3 aromatic rings. The van der Waals surface area contributed by atoms with Crippen molar-refractivity contribution in [3.63, 3.8) is 0 Å². The van der Waals surface area contributed by atoms with Gasteiger partial charge in [-0.05, 0) is 43.5 Å². The highest BCUT2D eigenvalue weighted by molar-refractivity contribution is 7.99. The number of anilines is 3. The van der Waals surface area contributed by atoms with Crippen molar-refractivity contribution in [2.24, 2.45) is 0 Å². The molecular weight excluding hydrogens is 422 g/mol. The lowest BCUT2D eigenvalue weighted by molar-refractivity contribution is 0.192. The third kappa shape index (κ3) is 3.98. The van der Waals surface area contributed by atoms with Gasteiger partial charge in [0.25, 0.3) is 5.56 Å². The molecule has 5 rings (SSSR count). The molecule has 0 bridgehead atoms. The number of benzene rings is 2. The summed E-state index contributed by atoms with van der Waals surface area (Å²) in [6.07, 6.45) is 2.29. The van der Waals surface area contributed by atoms with E-state index in [1.807, 2.05) is 53.1 Å². The minimum absolute atomic E-state index is 0.00293. The zero-order chi connectivity index (χ0) is 22.1. The topological polar surface area (TPSA) is 81.3 Å². The van der Waals surface area contributed by atoms with Crippen molar-refractivity contribution in [2.75, 3.05) is 23.3 Å². The molecule has 0 atom stereocenters. The first-order valence-corrected chi connectivity index (χ1v) is 11.8. The molecule has 2 aliphatic heterocycles. The summed E-state index contributed by atoms with van der Waals surface area (Å²) in [5.74, 6) is 0.509. The number of H-pyrrole nitrogens is 1. The van der Waals surface area contributed by atoms with Gasteiger partial charge in [0.2, 0.25) is 5.95 Å². The fourth-order valence-corrected chi connectivity index (χ4v) is 5.28. The van der Waals surface area contributed by atoms with E-state index in [0.717, 1.165) is 39.7 Å². The monoisotopic (exact) mass is 447 g/mol. The van der Waals surface area contributed by atoms with Crippen LogP contribution in [0.25, 0.3) is 0 Å². The van der Waals surface area contributed by atoms with Gasteiger partial charge in [-0.2, -0.15) is 0 Å². The van der Waals surface area contributed by atoms with E-state index in [-0.39, 0.29) is 17.6 Å². The molecule has 0 unspecified atom stereocenters. The second kappa shape index (κ2) is 8.70. The third-order valence-corrected chi connectivity index (χ3v) is 7.02. The first-order chi connectivity index (χ1) is 15.6. The number of carbonyl (C=O) groups excluding carboxylic acids is 1. The molecule has 1 fully saturated rings. The van der Waals surface area contributed by atoms with Gasteiger partial charge in [-0.1, -0.05) is 43.0 Å². The van der Waals surface area contributed by atoms with Crippen LogP contribution in [-0.4, -0.2) is 40.0 Å². The lowest BCUT2D eigenvalue weighted by Crippen LogP contribution is -2.48. The van der Waals surface area contributed by atoms with E-state index in [1.54, 1.807) is 11.8 Å². The van der Waals surface area contributed by atoms with Gasteiger partial charge in [0.15, 0.2) is 0 Å². The van der Waals surface area contributed by atoms with Gasteiger partial charge >= 0.3 is 6.03 Å². The predicted molar refractivity (Wildman–Crippen MR) is 127 cm³/mol. The van der Waals surface area contributed by atoms with Crippen LogP contribution >= 0.6 is 11.8 Å². The van der Waals surface area contributed by atoms with Crippen LogP contribution in [0, 0.1) is 0 Å². The van der Waals surface area contributed by atoms with Gasteiger partial charge in [-0.15, -0.1) is 0 Å². The Labute approximate surface area is 190 Å². The van der Waals surface area contributed by atoms with Crippen LogP contribution in [0.3, 0.4) is 0 Å². The van der Waals surface area contributed by atoms with Crippen LogP contribution in [-0.2, 0) is 6.42 Å². The Bertz CT molecular complexity index is 1160. The van der Waals surface area contributed by atoms with E-state index in [2.05, 4.69) is 27.4 Å². The Morgan fingerprint density at radius 3 is 2.34 bits per heavy atom. The maximum Gasteiger partial charge on any atom is 0.329 e. The number of para-hydroxylation sites is 2. The molecule has 0 radical (unpaired) electrons. The highest BCUT2D eigenvalue weighted by atomic mass is 32.2. The Balaban J connectivity index is 1.31. The number of amides is 2. The molecule has 3 heterocycles. The number of urea groups is 1. The Kier molecular flexibility index (Phi) is 5.61. The number of nitrogens with one attached hydrogen (secondary N) is 2. The molecule has 7 nitrogen and oxygen atoms in total. The number of hydrogen-bond donors (Lipinski definition) is 2. The number of carbonyl (C=O) groups is 1. The highest BCUT2D eigenvalue weighted by Crippen LogP contribution is 2.48. The minimum Gasteiger partial charge on any atom is -0.353 e. The number of aromatic nitrogens is 2. The molecule has 32 heavy (non-hydrogen) atoms. The van der Waals surface area contributed by atoms with Crippen molar-refractivity contribution >= 4 is 35.1 Å². The van der Waals surface area contributed by atoms with E-state index in [1.165, 1.54) is 6.07 Å². The molecule has 2 aromatic carbocycles. The van der Waals surface area contributed by atoms with E-state index < -0.39 is 0 Å². The van der Waals surface area contributed by atoms with Crippen molar-refractivity contribution in [2.45, 2.75) is 42.0 Å². The van der Waals surface area contributed by atoms with Crippen LogP contribution in [0.4, 0.5) is 22.1 Å². The van der Waals surface area contributed by atoms with Gasteiger partial charge in [0.1, 0.15) is 0 Å². The molecule has 2 aliphatic rings. The summed E-state index contributed by atoms with van der Waals surface area (Å²) in [7, 11) is 0. The van der Waals surface area contributed by atoms with Gasteiger partial charge in [-0.3, -0.25) is 14.7 Å². The van der Waals surface area contributed by atoms with Crippen molar-refractivity contribution in [1.82, 2.24) is 14.9 Å². The zero-order valence-corrected chi connectivity index (χ0v) is 18.7. The second-order valence-electron chi connectivity index (χ2n) is 8.00. The standard InChI is InChI=1S/C24H25N5O2S/c1-2-16-15-22(30)27-23(25-16)26-17-11-13-28(14-12-17)24(31)29-18-7-3-5-9-20(18)32-21-10-6-4-8-19(21)29/h3-10,15,17H,2,11-14H2,1H3,(H2,25,26,27,30). The number of piperidine rings is 1. The third-order valence-electron chi connectivity index (χ3n) is 5.89. The van der Waals surface area contributed by atoms with Crippen LogP contribution in [0.2, 0.25) is 0 Å². The van der Waals surface area contributed by atoms with Crippen LogP contribution in [0.5, 0.6) is 0 Å². The second-order valence-corrected chi connectivity index (χ2v) is 9.08. The number of aromatic amines is 1. The van der Waals surface area contributed by atoms with Gasteiger partial charge < -0.3 is 10.2 Å². The summed E-state index contributed by atoms with van der Waals surface area (Å²) in [5, 5.41) is 3.35. The smallest absolute Gasteiger partial charge is 0.329 e. The number of hydrogen-bond acceptors (Lipinski definition) is 5. The maximum atomic E-state index is 13.6. The van der Waals surface area contributed by atoms with Crippen molar-refractivity contribution < 1.29 is 4.79 Å². The Morgan fingerprint density at radius 2 is 1.72 bits per heavy atom. The molecule has 0 aliphatic carbocycles. The molecule has 8 heteroatoms. The molecule has 0 saturated carbocycles. The van der Waals surface area contributed by atoms with E-state index in [0.29, 0.717) is 25.5 Å². The van der Waals surface area contributed by atoms with Gasteiger partial charge in [0, 0.05) is 40.7 Å². The fourth-order valence-electron chi connectivity index (χ4n) is 4.22. The van der Waals surface area contributed by atoms with Crippen molar-refractivity contribution in [3.05, 3.63) is 70.6 Å². The number of aryl methyl sites for hydroxylation is 1. The summed E-state index contributed by atoms with van der Waals surface area (Å²) < 4.78 is 0. The van der Waals surface area contributed by atoms with Crippen molar-refractivity contribution in [3.8, 4) is 0 Å². The predicted octanol–water partition coefficient (Wildman–Crippen LogP) is 4.63. The average molecular weight is 448 g/mol. The SMILES string of the molecule is CCc1cc(=O)[nH]c(NC2CCN(C(=O)N3c4ccccc4Sc4ccccc43)CC2)n1. The number of likely N-dealkylation sites (tertiary alicyclic amines) is 1. The molecule has 0 spiro atoms. The lowest BCUT2D eigenvalue weighted by Gasteiger charge is -2.38. The van der Waals surface area contributed by atoms with E-state index >= 15 is 0 Å². The van der Waals surface area contributed by atoms with E-state index in [9.17, 15) is 9.59 Å². The molecule has 2 N–H and O–H groups in total. The summed E-state index contributed by atoms with van der Waals surface area (Å²) in [6.45, 7) is 3.26. The first-order valence-electron chi connectivity index (χ1n) is 10.9. The lowest BCUT2D eigenvalue weighted by atomic mass is 10.1. The summed E-state index contributed by atoms with van der Waals surface area (Å²) in [5.41, 5.74) is 2.48. The quantitative estimate of drug-likeness (QED) is 0.612. The average Bonchev–Trinajstić information content (AvgIpc) is 2.82. The van der Waals surface area contributed by atoms with Crippen molar-refractivity contribution in [1.29, 1.82) is 0 Å². The van der Waals surface area contributed by atoms with Crippen LogP contribution in [0.15, 0.2) is 69.2 Å². The van der Waals surface area contributed by atoms with Gasteiger partial charge in [0.05, 0.1) is 11.4 Å². The summed E-state index contributed by atoms with van der Waals surface area (Å²) in [4.78, 5) is 38.6. The van der Waals surface area contributed by atoms with Gasteiger partial charge in [-0.25, -0.2) is 9.78 Å². The Morgan fingerprint density at radius 1 is 1.09 bits per heavy atom. The molecular formula is C24H25N5O2S. The summed E-state index contributed by atoms with van der Waals surface area (Å²) >= 11 is 1.70. The molecule has 164 valence electrons. The number of rotatable bonds is 3. The fraction of sp³-hybridized carbons (Fsp3) is 0.292. The molecule has 1 aromatic heterocycles. The largest absolute Gasteiger partial charge is 0.353 e. The van der Waals surface area contributed by atoms with E-state index in [4.69, 9.17) is 0 Å². The highest BCUT2D eigenvalue weighted by Gasteiger charge is 2.33. The number of fused-ring (bicyclic) bond motifs is 2. The zero-order valence-electron chi connectivity index (χ0n) is 17.9. The molecule has 2 amide bonds.